The van der Waals surface area contributed by atoms with Crippen LogP contribution in [0.5, 0.6) is 5.88 Å². The van der Waals surface area contributed by atoms with Crippen molar-refractivity contribution >= 4 is 5.69 Å². The second-order valence-electron chi connectivity index (χ2n) is 8.12. The van der Waals surface area contributed by atoms with Crippen LogP contribution in [0.1, 0.15) is 30.5 Å². The van der Waals surface area contributed by atoms with Crippen molar-refractivity contribution < 1.29 is 27.7 Å². The van der Waals surface area contributed by atoms with Crippen molar-refractivity contribution in [3.63, 3.8) is 0 Å². The van der Waals surface area contributed by atoms with Crippen LogP contribution in [-0.2, 0) is 19.6 Å². The lowest BCUT2D eigenvalue weighted by atomic mass is 9.81. The summed E-state index contributed by atoms with van der Waals surface area (Å²) in [5, 5.41) is 0. The zero-order chi connectivity index (χ0) is 21.8. The summed E-state index contributed by atoms with van der Waals surface area (Å²) in [6.45, 7) is 3.08. The Labute approximate surface area is 180 Å². The van der Waals surface area contributed by atoms with Gasteiger partial charge in [-0.15, -0.1) is 0 Å². The Kier molecular flexibility index (Phi) is 6.69. The van der Waals surface area contributed by atoms with Crippen LogP contribution in [0.4, 0.5) is 14.5 Å². The monoisotopic (exact) mass is 434 g/mol. The third-order valence-electron chi connectivity index (χ3n) is 5.80. The Morgan fingerprint density at radius 2 is 2.03 bits per heavy atom. The predicted octanol–water partition coefficient (Wildman–Crippen LogP) is 4.09. The number of benzene rings is 1. The number of ether oxygens (including phenoxy) is 4. The van der Waals surface area contributed by atoms with Crippen LogP contribution in [0.2, 0.25) is 0 Å². The molecule has 31 heavy (non-hydrogen) atoms. The van der Waals surface area contributed by atoms with Crippen molar-refractivity contribution in [2.75, 3.05) is 38.8 Å². The van der Waals surface area contributed by atoms with Crippen molar-refractivity contribution in [1.29, 1.82) is 0 Å². The predicted molar refractivity (Wildman–Crippen MR) is 112 cm³/mol. The summed E-state index contributed by atoms with van der Waals surface area (Å²) in [5.74, 6) is 0.273. The molecule has 0 saturated carbocycles. The first-order valence-electron chi connectivity index (χ1n) is 10.6. The number of hydrogen-bond donors (Lipinski definition) is 1. The third kappa shape index (κ3) is 4.81. The number of nitrogen functional groups attached to an aromatic ring is 1. The molecule has 0 radical (unpaired) electrons. The molecule has 2 saturated heterocycles. The Morgan fingerprint density at radius 3 is 2.71 bits per heavy atom. The van der Waals surface area contributed by atoms with Gasteiger partial charge >= 0.3 is 0 Å². The van der Waals surface area contributed by atoms with Crippen molar-refractivity contribution in [3.8, 4) is 17.0 Å². The molecule has 2 fully saturated rings. The first-order valence-corrected chi connectivity index (χ1v) is 10.6. The molecule has 2 aliphatic rings. The van der Waals surface area contributed by atoms with Gasteiger partial charge in [0.15, 0.2) is 6.29 Å². The number of alkyl halides is 2. The molecule has 0 spiro atoms. The van der Waals surface area contributed by atoms with E-state index in [0.717, 1.165) is 36.0 Å². The van der Waals surface area contributed by atoms with Gasteiger partial charge in [-0.2, -0.15) is 0 Å². The highest BCUT2D eigenvalue weighted by atomic mass is 19.3. The van der Waals surface area contributed by atoms with E-state index in [-0.39, 0.29) is 37.7 Å². The Bertz CT molecular complexity index is 899. The summed E-state index contributed by atoms with van der Waals surface area (Å²) in [5.41, 5.74) is 7.96. The van der Waals surface area contributed by atoms with Gasteiger partial charge in [-0.05, 0) is 61.1 Å². The summed E-state index contributed by atoms with van der Waals surface area (Å²) in [4.78, 5) is 4.41. The number of nitrogens with zero attached hydrogens (tertiary/aromatic N) is 1. The molecule has 0 amide bonds. The van der Waals surface area contributed by atoms with Crippen LogP contribution in [0, 0.1) is 6.92 Å². The fraction of sp³-hybridized carbons (Fsp3) is 0.522. The van der Waals surface area contributed by atoms with Crippen LogP contribution in [0.15, 0.2) is 30.3 Å². The van der Waals surface area contributed by atoms with Gasteiger partial charge in [0.1, 0.15) is 12.0 Å². The molecule has 2 N–H and O–H groups in total. The lowest BCUT2D eigenvalue weighted by Gasteiger charge is -2.40. The van der Waals surface area contributed by atoms with Crippen LogP contribution in [0.25, 0.3) is 11.1 Å². The Balaban J connectivity index is 1.56. The van der Waals surface area contributed by atoms with Crippen molar-refractivity contribution in [1.82, 2.24) is 4.98 Å². The fourth-order valence-corrected chi connectivity index (χ4v) is 3.82. The van der Waals surface area contributed by atoms with Gasteiger partial charge in [0.05, 0.1) is 25.5 Å². The van der Waals surface area contributed by atoms with E-state index in [9.17, 15) is 8.78 Å². The van der Waals surface area contributed by atoms with Gasteiger partial charge in [0.2, 0.25) is 5.88 Å². The molecule has 0 bridgehead atoms. The van der Waals surface area contributed by atoms with Crippen molar-refractivity contribution in [3.05, 3.63) is 41.6 Å². The number of aryl methyl sites for hydroxylation is 1. The van der Waals surface area contributed by atoms with Gasteiger partial charge in [-0.1, -0.05) is 6.07 Å². The minimum absolute atomic E-state index is 0.0708. The summed E-state index contributed by atoms with van der Waals surface area (Å²) in [6, 6.07) is 8.98. The molecule has 1 unspecified atom stereocenters. The fourth-order valence-electron chi connectivity index (χ4n) is 3.82. The minimum atomic E-state index is -2.59. The topological polar surface area (TPSA) is 75.8 Å². The highest BCUT2D eigenvalue weighted by Gasteiger charge is 2.50. The standard InChI is InChI=1S/C23H28F2N2O4/c1-15-5-6-17(26)12-18(15)16-10-19(23(22(24)25)13-28-14-23)27-20(11-16)29-8-9-31-21-4-2-3-7-30-21/h5-6,10-12,21-22H,2-4,7-9,13-14,26H2,1H3. The summed E-state index contributed by atoms with van der Waals surface area (Å²) in [6.07, 6.45) is 0.190. The largest absolute Gasteiger partial charge is 0.475 e. The molecule has 1 aromatic heterocycles. The van der Waals surface area contributed by atoms with Gasteiger partial charge < -0.3 is 24.7 Å². The van der Waals surface area contributed by atoms with E-state index >= 15 is 0 Å². The lowest BCUT2D eigenvalue weighted by molar-refractivity contribution is -0.165. The summed E-state index contributed by atoms with van der Waals surface area (Å²) >= 11 is 0. The van der Waals surface area contributed by atoms with E-state index in [4.69, 9.17) is 24.7 Å². The number of anilines is 1. The molecule has 1 aromatic carbocycles. The molecule has 2 aliphatic heterocycles. The molecule has 8 heteroatoms. The molecular formula is C23H28F2N2O4. The smallest absolute Gasteiger partial charge is 0.254 e. The number of halogens is 2. The Hall–Kier alpha value is -2.29. The number of hydrogen-bond acceptors (Lipinski definition) is 6. The number of aromatic nitrogens is 1. The second kappa shape index (κ2) is 9.46. The van der Waals surface area contributed by atoms with E-state index in [0.29, 0.717) is 18.9 Å². The van der Waals surface area contributed by atoms with E-state index in [1.54, 1.807) is 12.1 Å². The SMILES string of the molecule is Cc1ccc(N)cc1-c1cc(OCCOC2CCCCO2)nc(C2(C(F)F)COC2)c1. The summed E-state index contributed by atoms with van der Waals surface area (Å²) in [7, 11) is 0. The van der Waals surface area contributed by atoms with Gasteiger partial charge in [-0.3, -0.25) is 0 Å². The van der Waals surface area contributed by atoms with Crippen LogP contribution in [-0.4, -0.2) is 50.7 Å². The van der Waals surface area contributed by atoms with Crippen molar-refractivity contribution in [2.45, 2.75) is 44.3 Å². The van der Waals surface area contributed by atoms with Crippen LogP contribution >= 0.6 is 0 Å². The first kappa shape index (κ1) is 21.9. The van der Waals surface area contributed by atoms with E-state index in [1.807, 2.05) is 25.1 Å². The normalized spacial score (nSPS) is 20.5. The molecule has 168 valence electrons. The van der Waals surface area contributed by atoms with Gasteiger partial charge in [-0.25, -0.2) is 13.8 Å². The van der Waals surface area contributed by atoms with Gasteiger partial charge in [0.25, 0.3) is 6.43 Å². The maximum absolute atomic E-state index is 13.9. The highest BCUT2D eigenvalue weighted by molar-refractivity contribution is 5.72. The molecular weight excluding hydrogens is 406 g/mol. The zero-order valence-corrected chi connectivity index (χ0v) is 17.6. The van der Waals surface area contributed by atoms with Crippen LogP contribution < -0.4 is 10.5 Å². The molecule has 4 rings (SSSR count). The average Bonchev–Trinajstić information content (AvgIpc) is 2.72. The molecule has 2 aromatic rings. The van der Waals surface area contributed by atoms with E-state index < -0.39 is 11.8 Å². The third-order valence-corrected chi connectivity index (χ3v) is 5.80. The molecule has 0 aliphatic carbocycles. The molecule has 3 heterocycles. The number of rotatable bonds is 8. The number of nitrogens with two attached hydrogens (primary N) is 1. The minimum Gasteiger partial charge on any atom is -0.475 e. The highest BCUT2D eigenvalue weighted by Crippen LogP contribution is 2.40. The first-order chi connectivity index (χ1) is 15.0. The quantitative estimate of drug-likeness (QED) is 0.498. The van der Waals surface area contributed by atoms with E-state index in [1.165, 1.54) is 0 Å². The summed E-state index contributed by atoms with van der Waals surface area (Å²) < 4.78 is 50.0. The Morgan fingerprint density at radius 1 is 1.19 bits per heavy atom. The maximum Gasteiger partial charge on any atom is 0.254 e. The van der Waals surface area contributed by atoms with E-state index in [2.05, 4.69) is 4.98 Å². The number of pyridine rings is 1. The van der Waals surface area contributed by atoms with Crippen LogP contribution in [0.3, 0.4) is 0 Å². The van der Waals surface area contributed by atoms with Crippen molar-refractivity contribution in [2.24, 2.45) is 0 Å². The zero-order valence-electron chi connectivity index (χ0n) is 17.6. The molecule has 6 nitrogen and oxygen atoms in total. The van der Waals surface area contributed by atoms with Gasteiger partial charge in [0, 0.05) is 18.4 Å². The maximum atomic E-state index is 13.9. The molecule has 1 atom stereocenters. The average molecular weight is 434 g/mol. The second-order valence-corrected chi connectivity index (χ2v) is 8.12. The lowest BCUT2D eigenvalue weighted by Crippen LogP contribution is -2.53.